The standard InChI is InChI=1S/C20H23N5O2/c1-24-18(26)15-16(14-5-3-2-4-6-14)22-23-17(15)21-19(24)25-10-7-20(8-11-25)9-12-27-13-20/h2-6H,7-13H2,1H3,(H,22,23). The van der Waals surface area contributed by atoms with E-state index >= 15 is 0 Å². The third-order valence-electron chi connectivity index (χ3n) is 6.12. The minimum atomic E-state index is -0.0629. The van der Waals surface area contributed by atoms with E-state index < -0.39 is 0 Å². The molecule has 1 spiro atoms. The predicted molar refractivity (Wildman–Crippen MR) is 104 cm³/mol. The van der Waals surface area contributed by atoms with Crippen LogP contribution < -0.4 is 10.5 Å². The summed E-state index contributed by atoms with van der Waals surface area (Å²) in [5, 5.41) is 7.88. The fourth-order valence-electron chi connectivity index (χ4n) is 4.36. The normalized spacial score (nSPS) is 19.2. The van der Waals surface area contributed by atoms with Gasteiger partial charge in [-0.3, -0.25) is 14.5 Å². The van der Waals surface area contributed by atoms with Gasteiger partial charge in [-0.1, -0.05) is 30.3 Å². The topological polar surface area (TPSA) is 76.0 Å². The highest BCUT2D eigenvalue weighted by Gasteiger charge is 2.38. The van der Waals surface area contributed by atoms with Crippen molar-refractivity contribution in [2.75, 3.05) is 31.2 Å². The zero-order valence-electron chi connectivity index (χ0n) is 15.4. The summed E-state index contributed by atoms with van der Waals surface area (Å²) in [4.78, 5) is 20.1. The van der Waals surface area contributed by atoms with E-state index in [9.17, 15) is 4.79 Å². The van der Waals surface area contributed by atoms with Gasteiger partial charge in [0, 0.05) is 32.3 Å². The average molecular weight is 365 g/mol. The Morgan fingerprint density at radius 2 is 1.93 bits per heavy atom. The van der Waals surface area contributed by atoms with E-state index in [4.69, 9.17) is 9.72 Å². The van der Waals surface area contributed by atoms with Crippen molar-refractivity contribution >= 4 is 17.0 Å². The van der Waals surface area contributed by atoms with Crippen LogP contribution in [0.3, 0.4) is 0 Å². The molecule has 3 aromatic rings. The smallest absolute Gasteiger partial charge is 0.266 e. The molecule has 2 fully saturated rings. The van der Waals surface area contributed by atoms with Crippen LogP contribution in [0, 0.1) is 5.41 Å². The lowest BCUT2D eigenvalue weighted by Crippen LogP contribution is -2.43. The first-order valence-electron chi connectivity index (χ1n) is 9.50. The summed E-state index contributed by atoms with van der Waals surface area (Å²) >= 11 is 0. The molecule has 7 heteroatoms. The third-order valence-corrected chi connectivity index (χ3v) is 6.12. The van der Waals surface area contributed by atoms with Crippen LogP contribution in [-0.4, -0.2) is 46.1 Å². The Balaban J connectivity index is 1.52. The van der Waals surface area contributed by atoms with E-state index in [1.807, 2.05) is 30.3 Å². The van der Waals surface area contributed by atoms with Crippen molar-refractivity contribution in [3.05, 3.63) is 40.7 Å². The molecule has 5 rings (SSSR count). The molecule has 7 nitrogen and oxygen atoms in total. The molecule has 2 aliphatic rings. The number of aromatic nitrogens is 4. The van der Waals surface area contributed by atoms with E-state index in [0.717, 1.165) is 51.1 Å². The van der Waals surface area contributed by atoms with Crippen molar-refractivity contribution in [3.8, 4) is 11.3 Å². The molecular weight excluding hydrogens is 342 g/mol. The SMILES string of the molecule is Cn1c(N2CCC3(CCOC3)CC2)nc2[nH]nc(-c3ccccc3)c2c1=O. The van der Waals surface area contributed by atoms with Crippen molar-refractivity contribution < 1.29 is 4.74 Å². The van der Waals surface area contributed by atoms with Crippen LogP contribution in [0.2, 0.25) is 0 Å². The molecule has 4 heterocycles. The number of benzene rings is 1. The summed E-state index contributed by atoms with van der Waals surface area (Å²) in [6, 6.07) is 9.75. The predicted octanol–water partition coefficient (Wildman–Crippen LogP) is 2.33. The van der Waals surface area contributed by atoms with Crippen LogP contribution in [0.4, 0.5) is 5.95 Å². The lowest BCUT2D eigenvalue weighted by atomic mass is 9.78. The summed E-state index contributed by atoms with van der Waals surface area (Å²) in [6.45, 7) is 3.54. The summed E-state index contributed by atoms with van der Waals surface area (Å²) in [7, 11) is 1.80. The number of fused-ring (bicyclic) bond motifs is 1. The van der Waals surface area contributed by atoms with Gasteiger partial charge >= 0.3 is 0 Å². The molecule has 0 saturated carbocycles. The third kappa shape index (κ3) is 2.65. The van der Waals surface area contributed by atoms with Crippen molar-refractivity contribution in [2.45, 2.75) is 19.3 Å². The van der Waals surface area contributed by atoms with Crippen LogP contribution in [0.1, 0.15) is 19.3 Å². The number of hydrogen-bond donors (Lipinski definition) is 1. The molecule has 0 bridgehead atoms. The average Bonchev–Trinajstić information content (AvgIpc) is 3.34. The maximum Gasteiger partial charge on any atom is 0.266 e. The zero-order valence-corrected chi connectivity index (χ0v) is 15.4. The summed E-state index contributed by atoms with van der Waals surface area (Å²) < 4.78 is 7.28. The van der Waals surface area contributed by atoms with Gasteiger partial charge in [0.2, 0.25) is 5.95 Å². The summed E-state index contributed by atoms with van der Waals surface area (Å²) in [6.07, 6.45) is 3.31. The second-order valence-electron chi connectivity index (χ2n) is 7.73. The highest BCUT2D eigenvalue weighted by Crippen LogP contribution is 2.39. The van der Waals surface area contributed by atoms with Crippen molar-refractivity contribution in [1.82, 2.24) is 19.7 Å². The molecule has 1 aromatic carbocycles. The molecule has 2 aliphatic heterocycles. The van der Waals surface area contributed by atoms with Gasteiger partial charge in [0.25, 0.3) is 5.56 Å². The number of piperidine rings is 1. The molecule has 0 atom stereocenters. The van der Waals surface area contributed by atoms with Gasteiger partial charge in [0.05, 0.1) is 6.61 Å². The highest BCUT2D eigenvalue weighted by molar-refractivity contribution is 5.90. The number of H-pyrrole nitrogens is 1. The fraction of sp³-hybridized carbons (Fsp3) is 0.450. The molecule has 140 valence electrons. The second kappa shape index (κ2) is 6.20. The molecule has 0 amide bonds. The molecular formula is C20H23N5O2. The Bertz CT molecular complexity index is 1020. The molecule has 27 heavy (non-hydrogen) atoms. The number of ether oxygens (including phenoxy) is 1. The Labute approximate surface area is 157 Å². The van der Waals surface area contributed by atoms with Crippen molar-refractivity contribution in [2.24, 2.45) is 12.5 Å². The molecule has 2 saturated heterocycles. The van der Waals surface area contributed by atoms with Gasteiger partial charge in [-0.25, -0.2) is 0 Å². The minimum Gasteiger partial charge on any atom is -0.381 e. The Morgan fingerprint density at radius 3 is 2.63 bits per heavy atom. The number of rotatable bonds is 2. The van der Waals surface area contributed by atoms with E-state index in [-0.39, 0.29) is 5.56 Å². The second-order valence-corrected chi connectivity index (χ2v) is 7.73. The van der Waals surface area contributed by atoms with Crippen LogP contribution in [0.15, 0.2) is 35.1 Å². The van der Waals surface area contributed by atoms with Gasteiger partial charge in [-0.2, -0.15) is 10.1 Å². The maximum absolute atomic E-state index is 13.1. The lowest BCUT2D eigenvalue weighted by Gasteiger charge is -2.39. The van der Waals surface area contributed by atoms with E-state index in [0.29, 0.717) is 28.1 Å². The summed E-state index contributed by atoms with van der Waals surface area (Å²) in [5.74, 6) is 0.713. The van der Waals surface area contributed by atoms with Gasteiger partial charge in [-0.15, -0.1) is 0 Å². The van der Waals surface area contributed by atoms with Crippen LogP contribution in [0.25, 0.3) is 22.3 Å². The van der Waals surface area contributed by atoms with Crippen molar-refractivity contribution in [1.29, 1.82) is 0 Å². The molecule has 0 radical (unpaired) electrons. The van der Waals surface area contributed by atoms with Gasteiger partial charge in [0.1, 0.15) is 11.1 Å². The minimum absolute atomic E-state index is 0.0629. The monoisotopic (exact) mass is 365 g/mol. The van der Waals surface area contributed by atoms with Crippen LogP contribution in [0.5, 0.6) is 0 Å². The number of nitrogens with zero attached hydrogens (tertiary/aromatic N) is 4. The van der Waals surface area contributed by atoms with Crippen LogP contribution in [-0.2, 0) is 11.8 Å². The van der Waals surface area contributed by atoms with Crippen molar-refractivity contribution in [3.63, 3.8) is 0 Å². The molecule has 1 N–H and O–H groups in total. The van der Waals surface area contributed by atoms with E-state index in [1.165, 1.54) is 0 Å². The quantitative estimate of drug-likeness (QED) is 0.754. The van der Waals surface area contributed by atoms with Gasteiger partial charge < -0.3 is 9.64 Å². The highest BCUT2D eigenvalue weighted by atomic mass is 16.5. The first kappa shape index (κ1) is 16.5. The lowest BCUT2D eigenvalue weighted by molar-refractivity contribution is 0.133. The first-order valence-corrected chi connectivity index (χ1v) is 9.50. The number of hydrogen-bond acceptors (Lipinski definition) is 5. The van der Waals surface area contributed by atoms with E-state index in [2.05, 4.69) is 15.1 Å². The molecule has 0 aliphatic carbocycles. The molecule has 2 aromatic heterocycles. The Hall–Kier alpha value is -2.67. The summed E-state index contributed by atoms with van der Waals surface area (Å²) in [5.41, 5.74) is 2.39. The largest absolute Gasteiger partial charge is 0.381 e. The van der Waals surface area contributed by atoms with Gasteiger partial charge in [0.15, 0.2) is 5.65 Å². The van der Waals surface area contributed by atoms with Gasteiger partial charge in [-0.05, 0) is 24.7 Å². The zero-order chi connectivity index (χ0) is 18.4. The molecule has 0 unspecified atom stereocenters. The number of aromatic amines is 1. The Morgan fingerprint density at radius 1 is 1.15 bits per heavy atom. The number of nitrogens with one attached hydrogen (secondary N) is 1. The van der Waals surface area contributed by atoms with Crippen LogP contribution >= 0.6 is 0 Å². The number of anilines is 1. The fourth-order valence-corrected chi connectivity index (χ4v) is 4.36. The van der Waals surface area contributed by atoms with E-state index in [1.54, 1.807) is 11.6 Å². The maximum atomic E-state index is 13.1. The Kier molecular flexibility index (Phi) is 3.79. The first-order chi connectivity index (χ1) is 13.2.